The summed E-state index contributed by atoms with van der Waals surface area (Å²) in [5, 5.41) is 13.1. The molecule has 3 aromatic rings. The van der Waals surface area contributed by atoms with Crippen LogP contribution in [-0.2, 0) is 16.0 Å². The van der Waals surface area contributed by atoms with E-state index in [1.807, 2.05) is 61.5 Å². The number of halogens is 2. The Morgan fingerprint density at radius 1 is 1.09 bits per heavy atom. The van der Waals surface area contributed by atoms with Gasteiger partial charge in [0.15, 0.2) is 0 Å². The van der Waals surface area contributed by atoms with Crippen molar-refractivity contribution in [1.82, 2.24) is 5.32 Å². The van der Waals surface area contributed by atoms with Gasteiger partial charge in [-0.05, 0) is 72.8 Å². The highest BCUT2D eigenvalue weighted by atomic mass is 35.5. The summed E-state index contributed by atoms with van der Waals surface area (Å²) in [7, 11) is 0. The number of nitrogen functional groups attached to an aromatic ring is 1. The third-order valence-electron chi connectivity index (χ3n) is 6.06. The van der Waals surface area contributed by atoms with Gasteiger partial charge in [-0.3, -0.25) is 10.2 Å². The average Bonchev–Trinajstić information content (AvgIpc) is 2.83. The lowest BCUT2D eigenvalue weighted by molar-refractivity contribution is -0.144. The summed E-state index contributed by atoms with van der Waals surface area (Å²) >= 11 is 0. The van der Waals surface area contributed by atoms with E-state index >= 15 is 0 Å². The number of esters is 1. The van der Waals surface area contributed by atoms with Crippen molar-refractivity contribution >= 4 is 47.4 Å². The Kier molecular flexibility index (Phi) is 10.8. The molecule has 0 bridgehead atoms. The zero-order valence-electron chi connectivity index (χ0n) is 19.8. The molecular formula is C27H33Cl2N3O3. The summed E-state index contributed by atoms with van der Waals surface area (Å²) in [6.45, 7) is 4.07. The van der Waals surface area contributed by atoms with Crippen molar-refractivity contribution in [2.45, 2.75) is 38.2 Å². The summed E-state index contributed by atoms with van der Waals surface area (Å²) in [5.41, 5.74) is 8.26. The molecule has 0 amide bonds. The minimum absolute atomic E-state index is 0. The standard InChI is InChI=1S/C27H31N3O3.2ClH/c1-2-32-27(31)25(20-9-11-23(12-10-20)33-24-4-3-13-30-17-24)15-18-5-6-19-7-8-21(26(28)29)16-22(19)14-18;;/h5-12,14,16,24-25,30H,2-4,13,15,17H2,1H3,(H3,28,29);2*1H/t24-,25?;;/m1../s1. The normalized spacial score (nSPS) is 15.9. The predicted molar refractivity (Wildman–Crippen MR) is 145 cm³/mol. The summed E-state index contributed by atoms with van der Waals surface area (Å²) in [5.74, 6) is 0.208. The highest BCUT2D eigenvalue weighted by molar-refractivity contribution is 5.99. The summed E-state index contributed by atoms with van der Waals surface area (Å²) in [6.07, 6.45) is 2.87. The Labute approximate surface area is 218 Å². The molecule has 3 aromatic carbocycles. The lowest BCUT2D eigenvalue weighted by Crippen LogP contribution is -2.37. The Hall–Kier alpha value is -2.80. The second kappa shape index (κ2) is 13.3. The van der Waals surface area contributed by atoms with E-state index in [-0.39, 0.29) is 42.7 Å². The van der Waals surface area contributed by atoms with Crippen LogP contribution >= 0.6 is 24.8 Å². The molecule has 6 nitrogen and oxygen atoms in total. The van der Waals surface area contributed by atoms with Crippen LogP contribution in [0.1, 0.15) is 42.4 Å². The SMILES string of the molecule is CCOC(=O)C(Cc1ccc2ccc(C(=N)N)cc2c1)c1ccc(O[C@@H]2CCCNC2)cc1.Cl.Cl. The molecule has 0 spiro atoms. The van der Waals surface area contributed by atoms with Crippen LogP contribution < -0.4 is 15.8 Å². The van der Waals surface area contributed by atoms with Crippen molar-refractivity contribution in [3.05, 3.63) is 77.4 Å². The lowest BCUT2D eigenvalue weighted by Gasteiger charge is -2.24. The molecule has 0 radical (unpaired) electrons. The van der Waals surface area contributed by atoms with E-state index in [9.17, 15) is 4.79 Å². The van der Waals surface area contributed by atoms with Crippen molar-refractivity contribution in [1.29, 1.82) is 5.41 Å². The van der Waals surface area contributed by atoms with Crippen molar-refractivity contribution < 1.29 is 14.3 Å². The topological polar surface area (TPSA) is 97.4 Å². The third kappa shape index (κ3) is 7.34. The molecule has 2 atom stereocenters. The summed E-state index contributed by atoms with van der Waals surface area (Å²) in [6, 6.07) is 19.6. The Bertz CT molecular complexity index is 1130. The number of fused-ring (bicyclic) bond motifs is 1. The molecule has 4 rings (SSSR count). The maximum atomic E-state index is 12.9. The number of amidine groups is 1. The molecule has 35 heavy (non-hydrogen) atoms. The van der Waals surface area contributed by atoms with Crippen LogP contribution in [-0.4, -0.2) is 37.6 Å². The van der Waals surface area contributed by atoms with Crippen LogP contribution in [0.2, 0.25) is 0 Å². The quantitative estimate of drug-likeness (QED) is 0.222. The molecule has 1 aliphatic heterocycles. The Morgan fingerprint density at radius 3 is 2.49 bits per heavy atom. The maximum Gasteiger partial charge on any atom is 0.313 e. The number of piperidine rings is 1. The van der Waals surface area contributed by atoms with Crippen LogP contribution in [0.4, 0.5) is 0 Å². The zero-order chi connectivity index (χ0) is 23.2. The molecule has 1 heterocycles. The van der Waals surface area contributed by atoms with Gasteiger partial charge in [-0.2, -0.15) is 0 Å². The van der Waals surface area contributed by atoms with E-state index in [0.717, 1.165) is 53.6 Å². The fraction of sp³-hybridized carbons (Fsp3) is 0.333. The van der Waals surface area contributed by atoms with Crippen molar-refractivity contribution in [2.75, 3.05) is 19.7 Å². The van der Waals surface area contributed by atoms with E-state index < -0.39 is 5.92 Å². The minimum Gasteiger partial charge on any atom is -0.489 e. The number of nitrogens with two attached hydrogens (primary N) is 1. The van der Waals surface area contributed by atoms with Crippen LogP contribution in [0.25, 0.3) is 10.8 Å². The molecule has 1 fully saturated rings. The molecule has 1 aliphatic rings. The van der Waals surface area contributed by atoms with Gasteiger partial charge in [-0.1, -0.05) is 42.5 Å². The number of hydrogen-bond donors (Lipinski definition) is 3. The Balaban J connectivity index is 0.00000216. The second-order valence-electron chi connectivity index (χ2n) is 8.47. The smallest absolute Gasteiger partial charge is 0.313 e. The molecular weight excluding hydrogens is 485 g/mol. The summed E-state index contributed by atoms with van der Waals surface area (Å²) < 4.78 is 11.5. The van der Waals surface area contributed by atoms with Crippen LogP contribution in [0.5, 0.6) is 5.75 Å². The molecule has 188 valence electrons. The largest absolute Gasteiger partial charge is 0.489 e. The van der Waals surface area contributed by atoms with Crippen molar-refractivity contribution in [3.8, 4) is 5.75 Å². The third-order valence-corrected chi connectivity index (χ3v) is 6.06. The zero-order valence-corrected chi connectivity index (χ0v) is 21.4. The van der Waals surface area contributed by atoms with Gasteiger partial charge in [-0.15, -0.1) is 24.8 Å². The first-order chi connectivity index (χ1) is 16.0. The summed E-state index contributed by atoms with van der Waals surface area (Å²) in [4.78, 5) is 12.9. The van der Waals surface area contributed by atoms with Crippen LogP contribution in [0, 0.1) is 5.41 Å². The fourth-order valence-corrected chi connectivity index (χ4v) is 4.30. The first-order valence-corrected chi connectivity index (χ1v) is 11.5. The van der Waals surface area contributed by atoms with E-state index in [0.29, 0.717) is 18.6 Å². The van der Waals surface area contributed by atoms with Gasteiger partial charge in [0.25, 0.3) is 0 Å². The van der Waals surface area contributed by atoms with Gasteiger partial charge >= 0.3 is 5.97 Å². The number of rotatable bonds is 8. The van der Waals surface area contributed by atoms with E-state index in [1.54, 1.807) is 0 Å². The van der Waals surface area contributed by atoms with E-state index in [4.69, 9.17) is 20.6 Å². The highest BCUT2D eigenvalue weighted by Crippen LogP contribution is 2.27. The fourth-order valence-electron chi connectivity index (χ4n) is 4.30. The van der Waals surface area contributed by atoms with Crippen LogP contribution in [0.3, 0.4) is 0 Å². The molecule has 4 N–H and O–H groups in total. The number of ether oxygens (including phenoxy) is 2. The molecule has 0 aromatic heterocycles. The molecule has 0 aliphatic carbocycles. The number of hydrogen-bond acceptors (Lipinski definition) is 5. The number of benzene rings is 3. The molecule has 1 unspecified atom stereocenters. The second-order valence-corrected chi connectivity index (χ2v) is 8.47. The van der Waals surface area contributed by atoms with Crippen molar-refractivity contribution in [2.24, 2.45) is 5.73 Å². The first kappa shape index (κ1) is 28.4. The van der Waals surface area contributed by atoms with Gasteiger partial charge in [0.2, 0.25) is 0 Å². The first-order valence-electron chi connectivity index (χ1n) is 11.5. The lowest BCUT2D eigenvalue weighted by atomic mass is 9.91. The number of nitrogens with one attached hydrogen (secondary N) is 2. The Morgan fingerprint density at radius 2 is 1.83 bits per heavy atom. The average molecular weight is 518 g/mol. The van der Waals surface area contributed by atoms with Gasteiger partial charge in [-0.25, -0.2) is 0 Å². The monoisotopic (exact) mass is 517 g/mol. The predicted octanol–water partition coefficient (Wildman–Crippen LogP) is 4.99. The van der Waals surface area contributed by atoms with Gasteiger partial charge in [0.05, 0.1) is 12.5 Å². The number of carbonyl (C=O) groups excluding carboxylic acids is 1. The van der Waals surface area contributed by atoms with Crippen molar-refractivity contribution in [3.63, 3.8) is 0 Å². The van der Waals surface area contributed by atoms with E-state index in [2.05, 4.69) is 11.4 Å². The minimum atomic E-state index is -0.413. The van der Waals surface area contributed by atoms with Crippen LogP contribution in [0.15, 0.2) is 60.7 Å². The van der Waals surface area contributed by atoms with E-state index in [1.165, 1.54) is 0 Å². The molecule has 1 saturated heterocycles. The molecule has 8 heteroatoms. The number of carbonyl (C=O) groups is 1. The molecule has 0 saturated carbocycles. The van der Waals surface area contributed by atoms with Gasteiger partial charge in [0.1, 0.15) is 17.7 Å². The maximum absolute atomic E-state index is 12.9. The van der Waals surface area contributed by atoms with Gasteiger partial charge in [0, 0.05) is 12.1 Å². The van der Waals surface area contributed by atoms with Gasteiger partial charge < -0.3 is 20.5 Å². The highest BCUT2D eigenvalue weighted by Gasteiger charge is 2.23.